The molecule has 30 heavy (non-hydrogen) atoms. The van der Waals surface area contributed by atoms with Crippen LogP contribution in [0, 0.1) is 5.92 Å². The van der Waals surface area contributed by atoms with Gasteiger partial charge in [0.15, 0.2) is 0 Å². The number of piperidine rings is 1. The van der Waals surface area contributed by atoms with Crippen molar-refractivity contribution < 1.29 is 23.4 Å². The number of phenols is 1. The lowest BCUT2D eigenvalue weighted by Crippen LogP contribution is -2.53. The Morgan fingerprint density at radius 2 is 1.87 bits per heavy atom. The molecule has 0 spiro atoms. The highest BCUT2D eigenvalue weighted by Gasteiger charge is 2.43. The Kier molecular flexibility index (Phi) is 6.75. The van der Waals surface area contributed by atoms with Crippen LogP contribution in [0.2, 0.25) is 0 Å². The maximum absolute atomic E-state index is 12.9. The molecule has 0 radical (unpaired) electrons. The van der Waals surface area contributed by atoms with E-state index in [0.717, 1.165) is 6.07 Å². The summed E-state index contributed by atoms with van der Waals surface area (Å²) in [6, 6.07) is 12.2. The molecule has 0 aromatic heterocycles. The first-order valence-corrected chi connectivity index (χ1v) is 10.1. The van der Waals surface area contributed by atoms with E-state index in [4.69, 9.17) is 0 Å². The summed E-state index contributed by atoms with van der Waals surface area (Å²) in [5.41, 5.74) is -0.326. The Bertz CT molecular complexity index is 856. The Morgan fingerprint density at radius 3 is 2.53 bits per heavy atom. The van der Waals surface area contributed by atoms with Gasteiger partial charge in [-0.2, -0.15) is 13.2 Å². The van der Waals surface area contributed by atoms with Gasteiger partial charge in [-0.25, -0.2) is 0 Å². The van der Waals surface area contributed by atoms with Crippen molar-refractivity contribution in [3.63, 3.8) is 0 Å². The molecule has 2 aromatic carbocycles. The van der Waals surface area contributed by atoms with Crippen molar-refractivity contribution in [2.75, 3.05) is 40.3 Å². The summed E-state index contributed by atoms with van der Waals surface area (Å²) in [5, 5.41) is 21.4. The normalized spacial score (nSPS) is 23.1. The summed E-state index contributed by atoms with van der Waals surface area (Å²) in [6.45, 7) is 2.55. The molecule has 1 fully saturated rings. The molecule has 0 amide bonds. The molecular formula is C23H29F3N2O2. The van der Waals surface area contributed by atoms with Gasteiger partial charge in [0, 0.05) is 32.1 Å². The van der Waals surface area contributed by atoms with Crippen molar-refractivity contribution in [3.05, 3.63) is 65.2 Å². The van der Waals surface area contributed by atoms with E-state index in [1.165, 1.54) is 12.1 Å². The average molecular weight is 422 g/mol. The standard InChI is InChI=1S/C23H29F3N2O2/c1-27(2)15-20-16-28(11-9-17-5-3-7-19(13-17)23(24,25)26)12-10-22(20,30)18-6-4-8-21(29)14-18/h3-8,13-14,20,29-30H,9-12,15-16H2,1-2H3. The number of alkyl halides is 3. The van der Waals surface area contributed by atoms with Crippen LogP contribution in [0.3, 0.4) is 0 Å². The number of likely N-dealkylation sites (tertiary alicyclic amines) is 1. The second-order valence-corrected chi connectivity index (χ2v) is 8.43. The minimum Gasteiger partial charge on any atom is -0.508 e. The van der Waals surface area contributed by atoms with Crippen LogP contribution in [0.4, 0.5) is 13.2 Å². The van der Waals surface area contributed by atoms with Crippen LogP contribution in [0.25, 0.3) is 0 Å². The maximum Gasteiger partial charge on any atom is 0.416 e. The third-order valence-corrected chi connectivity index (χ3v) is 5.87. The van der Waals surface area contributed by atoms with Gasteiger partial charge in [0.25, 0.3) is 0 Å². The third-order valence-electron chi connectivity index (χ3n) is 5.87. The van der Waals surface area contributed by atoms with Crippen molar-refractivity contribution in [1.29, 1.82) is 0 Å². The van der Waals surface area contributed by atoms with Crippen LogP contribution >= 0.6 is 0 Å². The van der Waals surface area contributed by atoms with Crippen LogP contribution in [-0.2, 0) is 18.2 Å². The number of benzene rings is 2. The molecule has 2 aromatic rings. The number of halogens is 3. The molecule has 1 aliphatic rings. The van der Waals surface area contributed by atoms with Gasteiger partial charge >= 0.3 is 6.18 Å². The fraction of sp³-hybridized carbons (Fsp3) is 0.478. The lowest BCUT2D eigenvalue weighted by Gasteiger charge is -2.46. The molecule has 0 bridgehead atoms. The Morgan fingerprint density at radius 1 is 1.13 bits per heavy atom. The summed E-state index contributed by atoms with van der Waals surface area (Å²) >= 11 is 0. The molecule has 1 aliphatic heterocycles. The number of hydrogen-bond acceptors (Lipinski definition) is 4. The lowest BCUT2D eigenvalue weighted by atomic mass is 9.75. The molecule has 164 valence electrons. The number of rotatable bonds is 6. The van der Waals surface area contributed by atoms with E-state index >= 15 is 0 Å². The van der Waals surface area contributed by atoms with Crippen molar-refractivity contribution >= 4 is 0 Å². The van der Waals surface area contributed by atoms with E-state index in [0.29, 0.717) is 50.1 Å². The molecule has 0 saturated carbocycles. The lowest BCUT2D eigenvalue weighted by molar-refractivity contribution is -0.137. The van der Waals surface area contributed by atoms with Crippen molar-refractivity contribution in [2.24, 2.45) is 5.92 Å². The molecule has 1 heterocycles. The smallest absolute Gasteiger partial charge is 0.416 e. The monoisotopic (exact) mass is 422 g/mol. The molecule has 2 atom stereocenters. The summed E-state index contributed by atoms with van der Waals surface area (Å²) in [7, 11) is 3.90. The van der Waals surface area contributed by atoms with E-state index in [9.17, 15) is 23.4 Å². The third kappa shape index (κ3) is 5.33. The first-order chi connectivity index (χ1) is 14.1. The summed E-state index contributed by atoms with van der Waals surface area (Å²) < 4.78 is 38.8. The zero-order valence-electron chi connectivity index (χ0n) is 17.4. The molecule has 1 saturated heterocycles. The molecule has 7 heteroatoms. The predicted molar refractivity (Wildman–Crippen MR) is 110 cm³/mol. The maximum atomic E-state index is 12.9. The number of aromatic hydroxyl groups is 1. The van der Waals surface area contributed by atoms with Gasteiger partial charge in [-0.3, -0.25) is 0 Å². The highest BCUT2D eigenvalue weighted by Crippen LogP contribution is 2.39. The number of phenolic OH excluding ortho intramolecular Hbond substituents is 1. The van der Waals surface area contributed by atoms with Gasteiger partial charge in [-0.15, -0.1) is 0 Å². The van der Waals surface area contributed by atoms with E-state index in [-0.39, 0.29) is 11.7 Å². The van der Waals surface area contributed by atoms with Crippen molar-refractivity contribution in [3.8, 4) is 5.75 Å². The molecule has 3 rings (SSSR count). The molecule has 0 aliphatic carbocycles. The van der Waals surface area contributed by atoms with Crippen LogP contribution < -0.4 is 0 Å². The fourth-order valence-corrected chi connectivity index (χ4v) is 4.28. The number of nitrogens with zero attached hydrogens (tertiary/aromatic N) is 2. The fourth-order valence-electron chi connectivity index (χ4n) is 4.28. The van der Waals surface area contributed by atoms with E-state index in [2.05, 4.69) is 4.90 Å². The molecule has 2 N–H and O–H groups in total. The van der Waals surface area contributed by atoms with Gasteiger partial charge in [0.2, 0.25) is 0 Å². The topological polar surface area (TPSA) is 46.9 Å². The number of hydrogen-bond donors (Lipinski definition) is 2. The Labute approximate surface area is 175 Å². The molecule has 2 unspecified atom stereocenters. The van der Waals surface area contributed by atoms with Crippen molar-refractivity contribution in [2.45, 2.75) is 24.6 Å². The van der Waals surface area contributed by atoms with Crippen LogP contribution in [-0.4, -0.2) is 60.3 Å². The van der Waals surface area contributed by atoms with Gasteiger partial charge < -0.3 is 20.0 Å². The predicted octanol–water partition coefficient (Wildman–Crippen LogP) is 3.72. The highest BCUT2D eigenvalue weighted by molar-refractivity contribution is 5.32. The average Bonchev–Trinajstić information content (AvgIpc) is 2.68. The van der Waals surface area contributed by atoms with Gasteiger partial charge in [-0.05, 0) is 56.3 Å². The summed E-state index contributed by atoms with van der Waals surface area (Å²) in [4.78, 5) is 4.22. The minimum atomic E-state index is -4.34. The largest absolute Gasteiger partial charge is 0.508 e. The minimum absolute atomic E-state index is 0.0930. The van der Waals surface area contributed by atoms with Gasteiger partial charge in [0.05, 0.1) is 11.2 Å². The molecule has 4 nitrogen and oxygen atoms in total. The first-order valence-electron chi connectivity index (χ1n) is 10.1. The molecular weight excluding hydrogens is 393 g/mol. The van der Waals surface area contributed by atoms with Gasteiger partial charge in [0.1, 0.15) is 5.75 Å². The van der Waals surface area contributed by atoms with Crippen LogP contribution in [0.15, 0.2) is 48.5 Å². The van der Waals surface area contributed by atoms with Crippen LogP contribution in [0.5, 0.6) is 5.75 Å². The SMILES string of the molecule is CN(C)CC1CN(CCc2cccc(C(F)(F)F)c2)CCC1(O)c1cccc(O)c1. The van der Waals surface area contributed by atoms with Crippen molar-refractivity contribution in [1.82, 2.24) is 9.80 Å². The highest BCUT2D eigenvalue weighted by atomic mass is 19.4. The van der Waals surface area contributed by atoms with Crippen LogP contribution in [0.1, 0.15) is 23.1 Å². The Balaban J connectivity index is 1.71. The van der Waals surface area contributed by atoms with E-state index in [1.54, 1.807) is 24.3 Å². The zero-order valence-corrected chi connectivity index (χ0v) is 17.4. The van der Waals surface area contributed by atoms with Gasteiger partial charge in [-0.1, -0.05) is 30.3 Å². The summed E-state index contributed by atoms with van der Waals surface area (Å²) in [6.07, 6.45) is -3.32. The van der Waals surface area contributed by atoms with E-state index in [1.807, 2.05) is 25.1 Å². The Hall–Kier alpha value is -2.09. The number of aliphatic hydroxyl groups is 1. The quantitative estimate of drug-likeness (QED) is 0.745. The zero-order chi connectivity index (χ0) is 21.9. The summed E-state index contributed by atoms with van der Waals surface area (Å²) in [5.74, 6) is 0.0288. The van der Waals surface area contributed by atoms with E-state index < -0.39 is 17.3 Å². The second-order valence-electron chi connectivity index (χ2n) is 8.43. The second kappa shape index (κ2) is 8.96. The first kappa shape index (κ1) is 22.6.